The van der Waals surface area contributed by atoms with E-state index in [1.54, 1.807) is 0 Å². The van der Waals surface area contributed by atoms with Crippen molar-refractivity contribution < 1.29 is 14.6 Å². The van der Waals surface area contributed by atoms with Gasteiger partial charge in [0.25, 0.3) is 0 Å². The van der Waals surface area contributed by atoms with Crippen LogP contribution in [0.1, 0.15) is 25.7 Å². The number of carboxylic acids is 1. The lowest BCUT2D eigenvalue weighted by atomic mass is 9.76. The normalized spacial score (nSPS) is 31.6. The van der Waals surface area contributed by atoms with E-state index in [0.717, 1.165) is 12.2 Å². The molecule has 80 valence electrons. The summed E-state index contributed by atoms with van der Waals surface area (Å²) in [5.74, 6) is 0.515. The van der Waals surface area contributed by atoms with Crippen LogP contribution in [0.3, 0.4) is 0 Å². The van der Waals surface area contributed by atoms with E-state index in [1.807, 2.05) is 11.8 Å². The third kappa shape index (κ3) is 1.65. The fourth-order valence-electron chi connectivity index (χ4n) is 2.42. The van der Waals surface area contributed by atoms with Crippen LogP contribution in [0.25, 0.3) is 0 Å². The molecule has 0 bridgehead atoms. The fourth-order valence-corrected chi connectivity index (χ4v) is 4.03. The summed E-state index contributed by atoms with van der Waals surface area (Å²) in [5.41, 5.74) is -0.487. The zero-order valence-corrected chi connectivity index (χ0v) is 9.02. The van der Waals surface area contributed by atoms with Crippen molar-refractivity contribution in [2.45, 2.75) is 30.9 Å². The Kier molecular flexibility index (Phi) is 3.02. The molecular formula is C10H16O3S. The van der Waals surface area contributed by atoms with Crippen molar-refractivity contribution in [1.29, 1.82) is 0 Å². The molecule has 2 rings (SSSR count). The Bertz CT molecular complexity index is 217. The Morgan fingerprint density at radius 1 is 1.43 bits per heavy atom. The number of hydrogen-bond acceptors (Lipinski definition) is 3. The Morgan fingerprint density at radius 2 is 2.14 bits per heavy atom. The second-order valence-electron chi connectivity index (χ2n) is 4.08. The molecule has 0 aromatic rings. The van der Waals surface area contributed by atoms with E-state index in [4.69, 9.17) is 4.74 Å². The third-order valence-corrected chi connectivity index (χ3v) is 4.97. The average molecular weight is 216 g/mol. The van der Waals surface area contributed by atoms with Crippen LogP contribution in [0.5, 0.6) is 0 Å². The highest BCUT2D eigenvalue weighted by atomic mass is 32.2. The summed E-state index contributed by atoms with van der Waals surface area (Å²) in [5, 5.41) is 9.70. The van der Waals surface area contributed by atoms with Crippen LogP contribution < -0.4 is 0 Å². The van der Waals surface area contributed by atoms with Crippen LogP contribution in [0, 0.1) is 5.41 Å². The Hall–Kier alpha value is -0.220. The van der Waals surface area contributed by atoms with Gasteiger partial charge < -0.3 is 9.84 Å². The van der Waals surface area contributed by atoms with Crippen molar-refractivity contribution in [3.8, 4) is 0 Å². The van der Waals surface area contributed by atoms with Gasteiger partial charge in [0.2, 0.25) is 0 Å². The summed E-state index contributed by atoms with van der Waals surface area (Å²) in [6.07, 6.45) is 3.63. The standard InChI is InChI=1S/C10H16O3S/c11-9(12)10(3-5-13-6-4-10)8-2-1-7-14-8/h8H,1-7H2,(H,11,12). The second kappa shape index (κ2) is 4.11. The van der Waals surface area contributed by atoms with Crippen molar-refractivity contribution in [3.63, 3.8) is 0 Å². The third-order valence-electron chi connectivity index (χ3n) is 3.36. The maximum atomic E-state index is 11.4. The van der Waals surface area contributed by atoms with E-state index in [0.29, 0.717) is 31.3 Å². The van der Waals surface area contributed by atoms with E-state index < -0.39 is 11.4 Å². The van der Waals surface area contributed by atoms with Crippen molar-refractivity contribution in [2.24, 2.45) is 5.41 Å². The monoisotopic (exact) mass is 216 g/mol. The molecule has 4 heteroatoms. The molecule has 2 aliphatic rings. The molecule has 2 heterocycles. The van der Waals surface area contributed by atoms with Crippen LogP contribution in [-0.4, -0.2) is 35.3 Å². The first kappa shape index (κ1) is 10.3. The summed E-state index contributed by atoms with van der Waals surface area (Å²) in [4.78, 5) is 11.4. The molecular weight excluding hydrogens is 200 g/mol. The summed E-state index contributed by atoms with van der Waals surface area (Å²) in [6.45, 7) is 1.23. The highest BCUT2D eigenvalue weighted by Gasteiger charge is 2.48. The lowest BCUT2D eigenvalue weighted by Crippen LogP contribution is -2.44. The molecule has 2 fully saturated rings. The van der Waals surface area contributed by atoms with Crippen molar-refractivity contribution in [1.82, 2.24) is 0 Å². The average Bonchev–Trinajstić information content (AvgIpc) is 2.72. The van der Waals surface area contributed by atoms with Gasteiger partial charge in [-0.2, -0.15) is 11.8 Å². The van der Waals surface area contributed by atoms with Crippen LogP contribution in [-0.2, 0) is 9.53 Å². The molecule has 3 nitrogen and oxygen atoms in total. The topological polar surface area (TPSA) is 46.5 Å². The number of thioether (sulfide) groups is 1. The van der Waals surface area contributed by atoms with Gasteiger partial charge in [-0.05, 0) is 31.4 Å². The summed E-state index contributed by atoms with van der Waals surface area (Å²) in [7, 11) is 0. The first-order valence-electron chi connectivity index (χ1n) is 5.18. The van der Waals surface area contributed by atoms with E-state index in [-0.39, 0.29) is 0 Å². The zero-order chi connectivity index (χ0) is 10.0. The van der Waals surface area contributed by atoms with Gasteiger partial charge in [-0.3, -0.25) is 4.79 Å². The van der Waals surface area contributed by atoms with Crippen LogP contribution in [0.2, 0.25) is 0 Å². The van der Waals surface area contributed by atoms with Gasteiger partial charge in [-0.25, -0.2) is 0 Å². The van der Waals surface area contributed by atoms with Crippen molar-refractivity contribution in [3.05, 3.63) is 0 Å². The number of carboxylic acid groups (broad SMARTS) is 1. The van der Waals surface area contributed by atoms with Gasteiger partial charge in [0.15, 0.2) is 0 Å². The Balaban J connectivity index is 2.15. The maximum absolute atomic E-state index is 11.4. The minimum atomic E-state index is -0.611. The van der Waals surface area contributed by atoms with Gasteiger partial charge in [-0.15, -0.1) is 0 Å². The van der Waals surface area contributed by atoms with Gasteiger partial charge in [0, 0.05) is 18.5 Å². The number of rotatable bonds is 2. The number of ether oxygens (including phenoxy) is 1. The van der Waals surface area contributed by atoms with Gasteiger partial charge in [0.1, 0.15) is 0 Å². The molecule has 1 atom stereocenters. The molecule has 14 heavy (non-hydrogen) atoms. The van der Waals surface area contributed by atoms with Crippen molar-refractivity contribution >= 4 is 17.7 Å². The Labute approximate surface area is 88.2 Å². The fraction of sp³-hybridized carbons (Fsp3) is 0.900. The van der Waals surface area contributed by atoms with Crippen molar-refractivity contribution in [2.75, 3.05) is 19.0 Å². The predicted octanol–water partition coefficient (Wildman–Crippen LogP) is 1.76. The summed E-state index contributed by atoms with van der Waals surface area (Å²) < 4.78 is 5.26. The molecule has 0 amide bonds. The SMILES string of the molecule is O=C(O)C1(C2CCCS2)CCOCC1. The van der Waals surface area contributed by atoms with E-state index in [2.05, 4.69) is 0 Å². The molecule has 0 saturated carbocycles. The predicted molar refractivity (Wildman–Crippen MR) is 55.6 cm³/mol. The van der Waals surface area contributed by atoms with Crippen LogP contribution >= 0.6 is 11.8 Å². The summed E-state index contributed by atoms with van der Waals surface area (Å²) >= 11 is 1.84. The lowest BCUT2D eigenvalue weighted by Gasteiger charge is -2.37. The molecule has 0 aromatic carbocycles. The second-order valence-corrected chi connectivity index (χ2v) is 5.39. The van der Waals surface area contributed by atoms with Gasteiger partial charge >= 0.3 is 5.97 Å². The molecule has 2 saturated heterocycles. The van der Waals surface area contributed by atoms with Crippen LogP contribution in [0.15, 0.2) is 0 Å². The van der Waals surface area contributed by atoms with E-state index in [1.165, 1.54) is 6.42 Å². The minimum Gasteiger partial charge on any atom is -0.481 e. The zero-order valence-electron chi connectivity index (χ0n) is 8.20. The molecule has 1 unspecified atom stereocenters. The minimum absolute atomic E-state index is 0.323. The first-order valence-corrected chi connectivity index (χ1v) is 6.23. The quantitative estimate of drug-likeness (QED) is 0.764. The molecule has 2 aliphatic heterocycles. The maximum Gasteiger partial charge on any atom is 0.310 e. The highest BCUT2D eigenvalue weighted by molar-refractivity contribution is 8.00. The largest absolute Gasteiger partial charge is 0.481 e. The highest BCUT2D eigenvalue weighted by Crippen LogP contribution is 2.46. The van der Waals surface area contributed by atoms with E-state index >= 15 is 0 Å². The summed E-state index contributed by atoms with van der Waals surface area (Å²) in [6, 6.07) is 0. The molecule has 0 spiro atoms. The molecule has 1 N–H and O–H groups in total. The smallest absolute Gasteiger partial charge is 0.310 e. The number of aliphatic carboxylic acids is 1. The Morgan fingerprint density at radius 3 is 2.64 bits per heavy atom. The van der Waals surface area contributed by atoms with Gasteiger partial charge in [0.05, 0.1) is 5.41 Å². The first-order chi connectivity index (χ1) is 6.76. The van der Waals surface area contributed by atoms with E-state index in [9.17, 15) is 9.90 Å². The molecule has 0 aliphatic carbocycles. The molecule has 0 aromatic heterocycles. The lowest BCUT2D eigenvalue weighted by molar-refractivity contribution is -0.154. The molecule has 0 radical (unpaired) electrons. The van der Waals surface area contributed by atoms with Crippen LogP contribution in [0.4, 0.5) is 0 Å². The van der Waals surface area contributed by atoms with Gasteiger partial charge in [-0.1, -0.05) is 0 Å². The number of carbonyl (C=O) groups is 1. The number of hydrogen-bond donors (Lipinski definition) is 1.